The number of hydrogen-bond donors (Lipinski definition) is 0. The van der Waals surface area contributed by atoms with Crippen molar-refractivity contribution in [2.45, 2.75) is 10.6 Å². The molecular weight excluding hydrogens is 272 g/mol. The molecule has 3 heteroatoms. The van der Waals surface area contributed by atoms with Crippen molar-refractivity contribution in [1.82, 2.24) is 0 Å². The number of benzene rings is 2. The van der Waals surface area contributed by atoms with Gasteiger partial charge in [-0.2, -0.15) is 0 Å². The second kappa shape index (κ2) is 5.59. The molecule has 0 saturated carbocycles. The normalized spacial score (nSPS) is 10.7. The van der Waals surface area contributed by atoms with Gasteiger partial charge in [0.05, 0.1) is 0 Å². The third-order valence-electron chi connectivity index (χ3n) is 2.95. The van der Waals surface area contributed by atoms with E-state index in [2.05, 4.69) is 29.6 Å². The van der Waals surface area contributed by atoms with Gasteiger partial charge in [0.1, 0.15) is 6.29 Å². The Balaban J connectivity index is 1.80. The number of rotatable bonds is 4. The van der Waals surface area contributed by atoms with Gasteiger partial charge in [0.2, 0.25) is 0 Å². The average Bonchev–Trinajstić information content (AvgIpc) is 2.89. The molecule has 0 aliphatic heterocycles. The summed E-state index contributed by atoms with van der Waals surface area (Å²) >= 11 is 3.56. The lowest BCUT2D eigenvalue weighted by atomic mass is 10.2. The van der Waals surface area contributed by atoms with Crippen molar-refractivity contribution in [3.63, 3.8) is 0 Å². The Kier molecular flexibility index (Phi) is 3.67. The van der Waals surface area contributed by atoms with Gasteiger partial charge in [-0.05, 0) is 34.5 Å². The Labute approximate surface area is 120 Å². The summed E-state index contributed by atoms with van der Waals surface area (Å²) in [4.78, 5) is 11.9. The summed E-state index contributed by atoms with van der Waals surface area (Å²) in [5.41, 5.74) is 2.10. The standard InChI is InChI=1S/C16H12OS2/c17-9-12-4-3-5-14(8-12)18-10-13-11-19-16-7-2-1-6-15(13)16/h1-9,11H,10H2. The van der Waals surface area contributed by atoms with E-state index in [1.54, 1.807) is 23.1 Å². The van der Waals surface area contributed by atoms with Gasteiger partial charge in [0.15, 0.2) is 0 Å². The van der Waals surface area contributed by atoms with Crippen molar-refractivity contribution in [2.75, 3.05) is 0 Å². The van der Waals surface area contributed by atoms with Crippen molar-refractivity contribution in [1.29, 1.82) is 0 Å². The first-order valence-corrected chi connectivity index (χ1v) is 7.86. The van der Waals surface area contributed by atoms with Gasteiger partial charge in [0, 0.05) is 20.9 Å². The summed E-state index contributed by atoms with van der Waals surface area (Å²) in [6, 6.07) is 16.2. The lowest BCUT2D eigenvalue weighted by Gasteiger charge is -2.02. The van der Waals surface area contributed by atoms with Crippen molar-refractivity contribution >= 4 is 39.5 Å². The lowest BCUT2D eigenvalue weighted by molar-refractivity contribution is 0.112. The molecule has 0 radical (unpaired) electrons. The molecule has 0 fully saturated rings. The predicted octanol–water partition coefficient (Wildman–Crippen LogP) is 5.01. The molecule has 0 aliphatic rings. The maximum absolute atomic E-state index is 10.8. The lowest BCUT2D eigenvalue weighted by Crippen LogP contribution is -1.81. The minimum absolute atomic E-state index is 0.736. The highest BCUT2D eigenvalue weighted by atomic mass is 32.2. The maximum Gasteiger partial charge on any atom is 0.150 e. The Morgan fingerprint density at radius 2 is 2.00 bits per heavy atom. The highest BCUT2D eigenvalue weighted by Gasteiger charge is 2.04. The topological polar surface area (TPSA) is 17.1 Å². The smallest absolute Gasteiger partial charge is 0.150 e. The monoisotopic (exact) mass is 284 g/mol. The average molecular weight is 284 g/mol. The summed E-state index contributed by atoms with van der Waals surface area (Å²) in [7, 11) is 0. The second-order valence-electron chi connectivity index (χ2n) is 4.24. The fraction of sp³-hybridized carbons (Fsp3) is 0.0625. The molecule has 19 heavy (non-hydrogen) atoms. The summed E-state index contributed by atoms with van der Waals surface area (Å²) in [6.07, 6.45) is 0.893. The van der Waals surface area contributed by atoms with Crippen LogP contribution in [0.5, 0.6) is 0 Å². The van der Waals surface area contributed by atoms with Crippen LogP contribution < -0.4 is 0 Å². The van der Waals surface area contributed by atoms with E-state index in [4.69, 9.17) is 0 Å². The van der Waals surface area contributed by atoms with E-state index in [0.29, 0.717) is 0 Å². The molecule has 1 aromatic heterocycles. The summed E-state index contributed by atoms with van der Waals surface area (Å²) in [5, 5.41) is 3.56. The molecule has 0 amide bonds. The van der Waals surface area contributed by atoms with Gasteiger partial charge in [-0.1, -0.05) is 30.3 Å². The van der Waals surface area contributed by atoms with Gasteiger partial charge < -0.3 is 0 Å². The molecule has 94 valence electrons. The minimum atomic E-state index is 0.736. The number of carbonyl (C=O) groups excluding carboxylic acids is 1. The number of carbonyl (C=O) groups is 1. The molecule has 0 N–H and O–H groups in total. The van der Waals surface area contributed by atoms with E-state index in [0.717, 1.165) is 22.5 Å². The first-order chi connectivity index (χ1) is 9.36. The minimum Gasteiger partial charge on any atom is -0.298 e. The number of fused-ring (bicyclic) bond motifs is 1. The molecule has 0 spiro atoms. The molecule has 0 atom stereocenters. The maximum atomic E-state index is 10.8. The number of aldehydes is 1. The van der Waals surface area contributed by atoms with Crippen LogP contribution in [0.4, 0.5) is 0 Å². The first kappa shape index (κ1) is 12.5. The van der Waals surface area contributed by atoms with Crippen molar-refractivity contribution in [3.8, 4) is 0 Å². The molecular formula is C16H12OS2. The molecule has 0 saturated heterocycles. The van der Waals surface area contributed by atoms with Crippen LogP contribution in [0.15, 0.2) is 58.8 Å². The summed E-state index contributed by atoms with van der Waals surface area (Å²) in [6.45, 7) is 0. The van der Waals surface area contributed by atoms with Crippen LogP contribution in [0.3, 0.4) is 0 Å². The van der Waals surface area contributed by atoms with Gasteiger partial charge in [-0.3, -0.25) is 4.79 Å². The van der Waals surface area contributed by atoms with E-state index in [1.807, 2.05) is 24.3 Å². The highest BCUT2D eigenvalue weighted by molar-refractivity contribution is 7.98. The largest absolute Gasteiger partial charge is 0.298 e. The quantitative estimate of drug-likeness (QED) is 0.495. The van der Waals surface area contributed by atoms with Gasteiger partial charge >= 0.3 is 0 Å². The van der Waals surface area contributed by atoms with Crippen molar-refractivity contribution in [3.05, 3.63) is 65.0 Å². The Hall–Kier alpha value is -1.58. The third-order valence-corrected chi connectivity index (χ3v) is 5.00. The number of thiophene rings is 1. The summed E-state index contributed by atoms with van der Waals surface area (Å²) < 4.78 is 1.33. The molecule has 0 bridgehead atoms. The van der Waals surface area contributed by atoms with Gasteiger partial charge in [0.25, 0.3) is 0 Å². The van der Waals surface area contributed by atoms with Crippen LogP contribution in [0.1, 0.15) is 15.9 Å². The first-order valence-electron chi connectivity index (χ1n) is 6.00. The van der Waals surface area contributed by atoms with E-state index < -0.39 is 0 Å². The molecule has 3 rings (SSSR count). The van der Waals surface area contributed by atoms with Crippen LogP contribution in [0.25, 0.3) is 10.1 Å². The van der Waals surface area contributed by atoms with Crippen molar-refractivity contribution in [2.24, 2.45) is 0 Å². The predicted molar refractivity (Wildman–Crippen MR) is 83.2 cm³/mol. The molecule has 1 heterocycles. The van der Waals surface area contributed by atoms with Crippen LogP contribution >= 0.6 is 23.1 Å². The fourth-order valence-electron chi connectivity index (χ4n) is 1.98. The number of thioether (sulfide) groups is 1. The van der Waals surface area contributed by atoms with Gasteiger partial charge in [-0.15, -0.1) is 23.1 Å². The fourth-order valence-corrected chi connectivity index (χ4v) is 4.01. The molecule has 1 nitrogen and oxygen atoms in total. The van der Waals surface area contributed by atoms with Crippen LogP contribution in [0.2, 0.25) is 0 Å². The zero-order valence-electron chi connectivity index (χ0n) is 10.2. The molecule has 0 aliphatic carbocycles. The SMILES string of the molecule is O=Cc1cccc(SCc2csc3ccccc23)c1. The van der Waals surface area contributed by atoms with E-state index >= 15 is 0 Å². The Morgan fingerprint density at radius 3 is 2.89 bits per heavy atom. The molecule has 2 aromatic carbocycles. The third kappa shape index (κ3) is 2.72. The Bertz CT molecular complexity index is 715. The second-order valence-corrected chi connectivity index (χ2v) is 6.20. The highest BCUT2D eigenvalue weighted by Crippen LogP contribution is 2.31. The molecule has 0 unspecified atom stereocenters. The van der Waals surface area contributed by atoms with Crippen molar-refractivity contribution < 1.29 is 4.79 Å². The van der Waals surface area contributed by atoms with Crippen LogP contribution in [-0.2, 0) is 5.75 Å². The van der Waals surface area contributed by atoms with Crippen LogP contribution in [-0.4, -0.2) is 6.29 Å². The zero-order valence-corrected chi connectivity index (χ0v) is 11.8. The van der Waals surface area contributed by atoms with E-state index in [1.165, 1.54) is 15.6 Å². The number of hydrogen-bond acceptors (Lipinski definition) is 3. The van der Waals surface area contributed by atoms with Gasteiger partial charge in [-0.25, -0.2) is 0 Å². The zero-order chi connectivity index (χ0) is 13.1. The summed E-state index contributed by atoms with van der Waals surface area (Å²) in [5.74, 6) is 0.937. The van der Waals surface area contributed by atoms with E-state index in [-0.39, 0.29) is 0 Å². The molecule has 3 aromatic rings. The Morgan fingerprint density at radius 1 is 1.11 bits per heavy atom. The van der Waals surface area contributed by atoms with E-state index in [9.17, 15) is 4.79 Å². The van der Waals surface area contributed by atoms with Crippen LogP contribution in [0, 0.1) is 0 Å².